The van der Waals surface area contributed by atoms with Crippen molar-refractivity contribution in [3.05, 3.63) is 36.4 Å². The van der Waals surface area contributed by atoms with Gasteiger partial charge in [-0.05, 0) is 43.2 Å². The number of likely N-dealkylation sites (tertiary alicyclic amines) is 1. The second kappa shape index (κ2) is 11.8. The van der Waals surface area contributed by atoms with Gasteiger partial charge in [-0.3, -0.25) is 4.79 Å². The minimum atomic E-state index is -1.18. The number of aromatic amines is 1. The first kappa shape index (κ1) is 29.9. The van der Waals surface area contributed by atoms with E-state index in [4.69, 9.17) is 22.3 Å². The Bertz CT molecular complexity index is 1360. The molecular weight excluding hydrogens is 521 g/mol. The van der Waals surface area contributed by atoms with E-state index < -0.39 is 25.7 Å². The van der Waals surface area contributed by atoms with Crippen LogP contribution in [-0.2, 0) is 26.5 Å². The summed E-state index contributed by atoms with van der Waals surface area (Å²) in [7, 11) is 6.46. The van der Waals surface area contributed by atoms with E-state index in [9.17, 15) is 9.59 Å². The Hall–Kier alpha value is -3.05. The lowest BCUT2D eigenvalue weighted by molar-refractivity contribution is -0.138. The van der Waals surface area contributed by atoms with Gasteiger partial charge in [0, 0.05) is 33.0 Å². The van der Waals surface area contributed by atoms with Crippen LogP contribution in [0.15, 0.2) is 30.6 Å². The molecule has 0 bridgehead atoms. The predicted octanol–water partition coefficient (Wildman–Crippen LogP) is 4.36. The fourth-order valence-corrected chi connectivity index (χ4v) is 6.13. The van der Waals surface area contributed by atoms with E-state index in [1.54, 1.807) is 0 Å². The number of hydrogen-bond donors (Lipinski definition) is 2. The molecule has 2 atom stereocenters. The molecule has 11 heteroatoms. The average Bonchev–Trinajstić information content (AvgIpc) is 3.64. The highest BCUT2D eigenvalue weighted by molar-refractivity contribution is 6.76. The lowest BCUT2D eigenvalue weighted by Gasteiger charge is -2.37. The summed E-state index contributed by atoms with van der Waals surface area (Å²) in [6.07, 6.45) is 4.81. The van der Waals surface area contributed by atoms with Crippen molar-refractivity contribution in [3.8, 4) is 11.3 Å². The number of ether oxygens (including phenoxy) is 2. The third-order valence-electron chi connectivity index (χ3n) is 7.86. The summed E-state index contributed by atoms with van der Waals surface area (Å²) in [5.41, 5.74) is 2.85. The number of benzene rings is 1. The molecule has 0 spiro atoms. The summed E-state index contributed by atoms with van der Waals surface area (Å²) < 4.78 is 12.9. The van der Waals surface area contributed by atoms with Crippen molar-refractivity contribution in [1.82, 2.24) is 24.8 Å². The molecule has 2 N–H and O–H groups in total. The Morgan fingerprint density at radius 2 is 2.00 bits per heavy atom. The summed E-state index contributed by atoms with van der Waals surface area (Å²) >= 11 is 0. The average molecular weight is 564 g/mol. The maximum absolute atomic E-state index is 13.7. The first-order valence-corrected chi connectivity index (χ1v) is 17.7. The van der Waals surface area contributed by atoms with Crippen LogP contribution in [0, 0.1) is 5.92 Å². The van der Waals surface area contributed by atoms with E-state index in [1.165, 1.54) is 7.11 Å². The molecule has 3 heterocycles. The molecule has 2 aromatic heterocycles. The summed E-state index contributed by atoms with van der Waals surface area (Å²) in [5, 5.41) is 3.67. The normalized spacial score (nSPS) is 18.4. The fraction of sp³-hybridized carbons (Fsp3) is 0.552. The largest absolute Gasteiger partial charge is 0.453 e. The Balaban J connectivity index is 1.63. The molecule has 1 fully saturated rings. The van der Waals surface area contributed by atoms with Gasteiger partial charge in [0.1, 0.15) is 26.4 Å². The molecule has 4 rings (SSSR count). The number of nitrogens with zero attached hydrogens (tertiary/aromatic N) is 3. The van der Waals surface area contributed by atoms with Crippen molar-refractivity contribution in [3.63, 3.8) is 0 Å². The van der Waals surface area contributed by atoms with Gasteiger partial charge in [0.05, 0.1) is 30.1 Å². The van der Waals surface area contributed by atoms with Crippen LogP contribution in [0.25, 0.3) is 22.2 Å². The molecule has 1 aliphatic rings. The first-order chi connectivity index (χ1) is 18.9. The van der Waals surface area contributed by atoms with Gasteiger partial charge >= 0.3 is 6.09 Å². The zero-order valence-electron chi connectivity index (χ0n) is 24.8. The number of imidazole rings is 1. The van der Waals surface area contributed by atoms with E-state index in [-0.39, 0.29) is 11.8 Å². The molecule has 3 aromatic rings. The summed E-state index contributed by atoms with van der Waals surface area (Å²) in [4.78, 5) is 35.8. The number of methoxy groups -OCH3 is 1. The number of alkyl carbamates (subject to hydrolysis) is 1. The van der Waals surface area contributed by atoms with E-state index >= 15 is 0 Å². The Labute approximate surface area is 239 Å². The fourth-order valence-electron chi connectivity index (χ4n) is 5.38. The van der Waals surface area contributed by atoms with Crippen molar-refractivity contribution < 1.29 is 19.1 Å². The Morgan fingerprint density at radius 3 is 2.67 bits per heavy atom. The van der Waals surface area contributed by atoms with Crippen molar-refractivity contribution >= 4 is 44.3 Å². The molecule has 1 saturated heterocycles. The van der Waals surface area contributed by atoms with Crippen molar-refractivity contribution in [2.24, 2.45) is 5.92 Å². The SMILES string of the molecule is [B]c1ccc(-c2cnc([C@]3(C)CCCN3C(=O)[C@@H](NC(=O)OC)C(C)C)[nH]2)c2c1ccn2COCC[Si](C)(C)C. The van der Waals surface area contributed by atoms with Crippen LogP contribution in [0.4, 0.5) is 4.79 Å². The number of carbonyl (C=O) groups is 2. The molecular formula is C29H42BN5O4Si. The van der Waals surface area contributed by atoms with Crippen molar-refractivity contribution in [2.45, 2.75) is 77.6 Å². The number of carbonyl (C=O) groups excluding carboxylic acids is 2. The minimum Gasteiger partial charge on any atom is -0.453 e. The monoisotopic (exact) mass is 563 g/mol. The number of rotatable bonds is 10. The van der Waals surface area contributed by atoms with Crippen molar-refractivity contribution in [1.29, 1.82) is 0 Å². The molecule has 2 amide bonds. The van der Waals surface area contributed by atoms with Crippen LogP contribution in [0.1, 0.15) is 39.4 Å². The quantitative estimate of drug-likeness (QED) is 0.282. The smallest absolute Gasteiger partial charge is 0.407 e. The van der Waals surface area contributed by atoms with Gasteiger partial charge in [0.2, 0.25) is 5.91 Å². The van der Waals surface area contributed by atoms with Crippen LogP contribution in [0.2, 0.25) is 25.7 Å². The van der Waals surface area contributed by atoms with Crippen LogP contribution >= 0.6 is 0 Å². The second-order valence-electron chi connectivity index (χ2n) is 12.5. The third kappa shape index (κ3) is 6.15. The topological polar surface area (TPSA) is 101 Å². The molecule has 1 aromatic carbocycles. The maximum atomic E-state index is 13.7. The predicted molar refractivity (Wildman–Crippen MR) is 161 cm³/mol. The van der Waals surface area contributed by atoms with Gasteiger partial charge in [0.25, 0.3) is 0 Å². The molecule has 2 radical (unpaired) electrons. The standard InChI is InChI=1S/C29H42BN5O4Si/c1-19(2)24(33-28(37)38-4)26(36)35-13-8-12-29(35,3)27-31-17-23(32-27)21-9-10-22(30)20-11-14-34(25(20)21)18-39-15-16-40(5,6)7/h9-11,14,17,19,24H,8,12-13,15-16,18H2,1-7H3,(H,31,32)(H,33,37)/t24-,29-/m0/s1. The van der Waals surface area contributed by atoms with Crippen LogP contribution in [0.3, 0.4) is 0 Å². The van der Waals surface area contributed by atoms with Gasteiger partial charge in [-0.15, -0.1) is 0 Å². The highest BCUT2D eigenvalue weighted by Gasteiger charge is 2.46. The Kier molecular flexibility index (Phi) is 8.84. The molecule has 0 unspecified atom stereocenters. The molecule has 0 saturated carbocycles. The van der Waals surface area contributed by atoms with Gasteiger partial charge < -0.3 is 29.2 Å². The molecule has 214 valence electrons. The number of aromatic nitrogens is 3. The molecule has 1 aliphatic heterocycles. The van der Waals surface area contributed by atoms with Gasteiger partial charge in [-0.25, -0.2) is 9.78 Å². The zero-order valence-corrected chi connectivity index (χ0v) is 25.8. The third-order valence-corrected chi connectivity index (χ3v) is 9.56. The lowest BCUT2D eigenvalue weighted by Crippen LogP contribution is -2.55. The maximum Gasteiger partial charge on any atom is 0.407 e. The van der Waals surface area contributed by atoms with E-state index in [0.717, 1.165) is 47.7 Å². The van der Waals surface area contributed by atoms with Crippen molar-refractivity contribution in [2.75, 3.05) is 20.3 Å². The lowest BCUT2D eigenvalue weighted by atomic mass is 9.90. The molecule has 9 nitrogen and oxygen atoms in total. The number of H-pyrrole nitrogens is 1. The summed E-state index contributed by atoms with van der Waals surface area (Å²) in [6.45, 7) is 14.6. The molecule has 0 aliphatic carbocycles. The van der Waals surface area contributed by atoms with Gasteiger partial charge in [-0.2, -0.15) is 0 Å². The first-order valence-electron chi connectivity index (χ1n) is 14.0. The van der Waals surface area contributed by atoms with E-state index in [2.05, 4.69) is 34.5 Å². The van der Waals surface area contributed by atoms with Crippen LogP contribution in [-0.4, -0.2) is 73.7 Å². The second-order valence-corrected chi connectivity index (χ2v) is 18.1. The van der Waals surface area contributed by atoms with Crippen LogP contribution < -0.4 is 10.8 Å². The number of nitrogens with one attached hydrogen (secondary N) is 2. The Morgan fingerprint density at radius 1 is 1.25 bits per heavy atom. The number of amides is 2. The van der Waals surface area contributed by atoms with E-state index in [1.807, 2.05) is 56.3 Å². The van der Waals surface area contributed by atoms with Gasteiger partial charge in [0.15, 0.2) is 0 Å². The number of fused-ring (bicyclic) bond motifs is 1. The molecule has 40 heavy (non-hydrogen) atoms. The van der Waals surface area contributed by atoms with Gasteiger partial charge in [-0.1, -0.05) is 51.1 Å². The number of hydrogen-bond acceptors (Lipinski definition) is 5. The highest BCUT2D eigenvalue weighted by atomic mass is 28.3. The minimum absolute atomic E-state index is 0.104. The zero-order chi connectivity index (χ0) is 29.2. The van der Waals surface area contributed by atoms with Crippen LogP contribution in [0.5, 0.6) is 0 Å². The van der Waals surface area contributed by atoms with E-state index in [0.29, 0.717) is 24.6 Å². The summed E-state index contributed by atoms with van der Waals surface area (Å²) in [6, 6.07) is 6.34. The highest BCUT2D eigenvalue weighted by Crippen LogP contribution is 2.39. The summed E-state index contributed by atoms with van der Waals surface area (Å²) in [5.74, 6) is 0.466.